The molecule has 2 fully saturated rings. The van der Waals surface area contributed by atoms with Gasteiger partial charge in [0.1, 0.15) is 11.6 Å². The molecular formula is C25H25N3OS. The van der Waals surface area contributed by atoms with Gasteiger partial charge in [0.05, 0.1) is 11.2 Å². The Morgan fingerprint density at radius 2 is 1.77 bits per heavy atom. The number of aromatic nitrogens is 1. The molecule has 1 aliphatic heterocycles. The maximum atomic E-state index is 13.0. The lowest BCUT2D eigenvalue weighted by Crippen LogP contribution is -2.37. The molecule has 1 saturated carbocycles. The number of nitrogens with zero attached hydrogens (tertiary/aromatic N) is 3. The zero-order chi connectivity index (χ0) is 20.7. The van der Waals surface area contributed by atoms with Gasteiger partial charge in [0.15, 0.2) is 0 Å². The summed E-state index contributed by atoms with van der Waals surface area (Å²) in [5.74, 6) is 0.634. The first-order chi connectivity index (χ1) is 14.7. The Labute approximate surface area is 181 Å². The van der Waals surface area contributed by atoms with Crippen LogP contribution >= 0.6 is 11.8 Å². The van der Waals surface area contributed by atoms with Crippen molar-refractivity contribution < 1.29 is 0 Å². The van der Waals surface area contributed by atoms with Crippen LogP contribution in [0.4, 0.5) is 5.69 Å². The number of aryl methyl sites for hydroxylation is 1. The van der Waals surface area contributed by atoms with Gasteiger partial charge in [-0.15, -0.1) is 11.8 Å². The number of fused-ring (bicyclic) bond motifs is 1. The van der Waals surface area contributed by atoms with E-state index < -0.39 is 0 Å². The fourth-order valence-corrected chi connectivity index (χ4v) is 5.67. The van der Waals surface area contributed by atoms with Gasteiger partial charge in [-0.2, -0.15) is 5.26 Å². The molecule has 1 saturated heterocycles. The zero-order valence-electron chi connectivity index (χ0n) is 17.2. The van der Waals surface area contributed by atoms with Gasteiger partial charge in [-0.25, -0.2) is 0 Å². The molecule has 30 heavy (non-hydrogen) atoms. The number of rotatable bonds is 4. The molecule has 0 spiro atoms. The quantitative estimate of drug-likeness (QED) is 0.598. The Morgan fingerprint density at radius 3 is 2.43 bits per heavy atom. The van der Waals surface area contributed by atoms with E-state index in [4.69, 9.17) is 0 Å². The molecule has 1 aliphatic carbocycles. The summed E-state index contributed by atoms with van der Waals surface area (Å²) in [6, 6.07) is 19.2. The van der Waals surface area contributed by atoms with Crippen molar-refractivity contribution in [1.82, 2.24) is 4.57 Å². The Morgan fingerprint density at radius 1 is 1.03 bits per heavy atom. The SMILES string of the molecule is Cn1c(=O)c(C#N)c(N2CCC(Sc3ccccc3)CC2)c2ccc(C3CC3)cc21. The van der Waals surface area contributed by atoms with E-state index in [0.29, 0.717) is 11.2 Å². The van der Waals surface area contributed by atoms with Gasteiger partial charge in [0.2, 0.25) is 0 Å². The number of thioether (sulfide) groups is 1. The lowest BCUT2D eigenvalue weighted by atomic mass is 10.0. The lowest BCUT2D eigenvalue weighted by molar-refractivity contribution is 0.591. The Balaban J connectivity index is 1.47. The molecule has 2 aromatic carbocycles. The van der Waals surface area contributed by atoms with Crippen molar-refractivity contribution in [2.24, 2.45) is 7.05 Å². The van der Waals surface area contributed by atoms with Gasteiger partial charge in [0, 0.05) is 35.7 Å². The summed E-state index contributed by atoms with van der Waals surface area (Å²) in [6.07, 6.45) is 4.55. The number of benzene rings is 2. The van der Waals surface area contributed by atoms with Crippen LogP contribution < -0.4 is 10.5 Å². The summed E-state index contributed by atoms with van der Waals surface area (Å²) in [5.41, 5.74) is 3.18. The van der Waals surface area contributed by atoms with Crippen molar-refractivity contribution in [2.75, 3.05) is 18.0 Å². The molecule has 0 amide bonds. The molecule has 0 radical (unpaired) electrons. The van der Waals surface area contributed by atoms with Gasteiger partial charge in [-0.3, -0.25) is 4.79 Å². The first-order valence-corrected chi connectivity index (χ1v) is 11.6. The molecule has 0 N–H and O–H groups in total. The molecule has 1 aromatic heterocycles. The van der Waals surface area contributed by atoms with Crippen molar-refractivity contribution in [3.8, 4) is 6.07 Å². The van der Waals surface area contributed by atoms with Crippen LogP contribution in [0, 0.1) is 11.3 Å². The third-order valence-electron chi connectivity index (χ3n) is 6.36. The molecule has 2 aliphatic rings. The van der Waals surface area contributed by atoms with Crippen LogP contribution in [0.1, 0.15) is 42.7 Å². The average Bonchev–Trinajstić information content (AvgIpc) is 3.63. The normalized spacial score (nSPS) is 17.3. The van der Waals surface area contributed by atoms with Crippen molar-refractivity contribution >= 4 is 28.4 Å². The predicted molar refractivity (Wildman–Crippen MR) is 123 cm³/mol. The second kappa shape index (κ2) is 7.85. The van der Waals surface area contributed by atoms with E-state index in [1.165, 1.54) is 23.3 Å². The molecule has 2 heterocycles. The van der Waals surface area contributed by atoms with Crippen LogP contribution in [0.25, 0.3) is 10.9 Å². The predicted octanol–water partition coefficient (Wildman–Crippen LogP) is 5.05. The first kappa shape index (κ1) is 19.3. The molecule has 3 aromatic rings. The van der Waals surface area contributed by atoms with Crippen LogP contribution in [0.5, 0.6) is 0 Å². The minimum absolute atomic E-state index is 0.186. The first-order valence-electron chi connectivity index (χ1n) is 10.7. The van der Waals surface area contributed by atoms with Gasteiger partial charge < -0.3 is 9.47 Å². The van der Waals surface area contributed by atoms with Crippen molar-refractivity contribution in [3.05, 3.63) is 70.0 Å². The topological polar surface area (TPSA) is 49.0 Å². The summed E-state index contributed by atoms with van der Waals surface area (Å²) >= 11 is 1.94. The number of piperidine rings is 1. The minimum Gasteiger partial charge on any atom is -0.370 e. The average molecular weight is 416 g/mol. The van der Waals surface area contributed by atoms with Gasteiger partial charge in [-0.05, 0) is 55.4 Å². The second-order valence-corrected chi connectivity index (χ2v) is 9.74. The zero-order valence-corrected chi connectivity index (χ0v) is 18.0. The monoisotopic (exact) mass is 415 g/mol. The number of nitriles is 1. The maximum absolute atomic E-state index is 13.0. The molecule has 0 unspecified atom stereocenters. The van der Waals surface area contributed by atoms with Crippen molar-refractivity contribution in [1.29, 1.82) is 5.26 Å². The molecule has 5 heteroatoms. The Hall–Kier alpha value is -2.71. The standard InChI is InChI=1S/C25H25N3OS/c1-27-23-15-18(17-7-8-17)9-10-21(23)24(22(16-26)25(27)29)28-13-11-20(12-14-28)30-19-5-3-2-4-6-19/h2-6,9-10,15,17,20H,7-8,11-14H2,1H3. The lowest BCUT2D eigenvalue weighted by Gasteiger charge is -2.34. The van der Waals surface area contributed by atoms with E-state index in [0.717, 1.165) is 42.5 Å². The number of hydrogen-bond acceptors (Lipinski definition) is 4. The fourth-order valence-electron chi connectivity index (χ4n) is 4.53. The highest BCUT2D eigenvalue weighted by atomic mass is 32.2. The summed E-state index contributed by atoms with van der Waals surface area (Å²) in [6.45, 7) is 1.73. The van der Waals surface area contributed by atoms with E-state index in [1.807, 2.05) is 17.8 Å². The van der Waals surface area contributed by atoms with E-state index in [-0.39, 0.29) is 11.1 Å². The maximum Gasteiger partial charge on any atom is 0.270 e. The molecule has 5 rings (SSSR count). The molecule has 0 atom stereocenters. The van der Waals surface area contributed by atoms with Gasteiger partial charge >= 0.3 is 0 Å². The highest BCUT2D eigenvalue weighted by Gasteiger charge is 2.28. The molecule has 4 nitrogen and oxygen atoms in total. The van der Waals surface area contributed by atoms with Gasteiger partial charge in [0.25, 0.3) is 5.56 Å². The Bertz CT molecular complexity index is 1180. The van der Waals surface area contributed by atoms with Crippen molar-refractivity contribution in [3.63, 3.8) is 0 Å². The Kier molecular flexibility index (Phi) is 5.04. The number of anilines is 1. The summed E-state index contributed by atoms with van der Waals surface area (Å²) < 4.78 is 1.65. The number of hydrogen-bond donors (Lipinski definition) is 0. The van der Waals surface area contributed by atoms with Crippen molar-refractivity contribution in [2.45, 2.75) is 41.7 Å². The minimum atomic E-state index is -0.186. The second-order valence-electron chi connectivity index (χ2n) is 8.37. The van der Waals surface area contributed by atoms with Gasteiger partial charge in [-0.1, -0.05) is 30.3 Å². The molecular weight excluding hydrogens is 390 g/mol. The fraction of sp³-hybridized carbons (Fsp3) is 0.360. The van der Waals surface area contributed by atoms with E-state index in [1.54, 1.807) is 11.6 Å². The highest BCUT2D eigenvalue weighted by molar-refractivity contribution is 8.00. The largest absolute Gasteiger partial charge is 0.370 e. The van der Waals surface area contributed by atoms with Crippen LogP contribution in [0.2, 0.25) is 0 Å². The molecule has 0 bridgehead atoms. The van der Waals surface area contributed by atoms with Crippen LogP contribution in [-0.4, -0.2) is 22.9 Å². The number of pyridine rings is 1. The van der Waals surface area contributed by atoms with E-state index in [9.17, 15) is 10.1 Å². The molecule has 152 valence electrons. The smallest absolute Gasteiger partial charge is 0.270 e. The highest BCUT2D eigenvalue weighted by Crippen LogP contribution is 2.42. The third kappa shape index (κ3) is 3.50. The summed E-state index contributed by atoms with van der Waals surface area (Å²) in [4.78, 5) is 16.6. The third-order valence-corrected chi connectivity index (χ3v) is 7.71. The van der Waals surface area contributed by atoms with Crippen LogP contribution in [0.15, 0.2) is 58.2 Å². The van der Waals surface area contributed by atoms with Crippen LogP contribution in [0.3, 0.4) is 0 Å². The van der Waals surface area contributed by atoms with E-state index >= 15 is 0 Å². The summed E-state index contributed by atoms with van der Waals surface area (Å²) in [7, 11) is 1.79. The van der Waals surface area contributed by atoms with Crippen LogP contribution in [-0.2, 0) is 7.05 Å². The van der Waals surface area contributed by atoms with E-state index in [2.05, 4.69) is 53.4 Å². The summed E-state index contributed by atoms with van der Waals surface area (Å²) in [5, 5.41) is 11.4.